The van der Waals surface area contributed by atoms with Crippen molar-refractivity contribution < 1.29 is 9.72 Å². The van der Waals surface area contributed by atoms with Crippen LogP contribution in [0.2, 0.25) is 0 Å². The van der Waals surface area contributed by atoms with Crippen LogP contribution in [0.3, 0.4) is 0 Å². The molecule has 124 valence electrons. The first-order valence-corrected chi connectivity index (χ1v) is 7.03. The maximum absolute atomic E-state index is 11.9. The molecule has 0 bridgehead atoms. The second-order valence-corrected chi connectivity index (χ2v) is 4.97. The molecule has 1 amide bonds. The molecule has 0 aliphatic rings. The summed E-state index contributed by atoms with van der Waals surface area (Å²) in [6.45, 7) is 3.20. The number of hydrogen-bond acceptors (Lipinski definition) is 7. The highest BCUT2D eigenvalue weighted by atomic mass is 16.6. The predicted molar refractivity (Wildman–Crippen MR) is 85.4 cm³/mol. The summed E-state index contributed by atoms with van der Waals surface area (Å²) in [7, 11) is 0. The highest BCUT2D eigenvalue weighted by molar-refractivity contribution is 5.94. The van der Waals surface area contributed by atoms with E-state index in [2.05, 4.69) is 15.5 Å². The van der Waals surface area contributed by atoms with Crippen LogP contribution in [-0.2, 0) is 0 Å². The quantitative estimate of drug-likeness (QED) is 0.322. The van der Waals surface area contributed by atoms with Gasteiger partial charge in [-0.1, -0.05) is 12.1 Å². The van der Waals surface area contributed by atoms with Crippen molar-refractivity contribution in [2.24, 2.45) is 5.18 Å². The van der Waals surface area contributed by atoms with Crippen molar-refractivity contribution >= 4 is 11.7 Å². The van der Waals surface area contributed by atoms with E-state index in [-0.39, 0.29) is 12.4 Å². The number of aromatic nitrogens is 1. The van der Waals surface area contributed by atoms with Crippen LogP contribution in [-0.4, -0.2) is 34.4 Å². The smallest absolute Gasteiger partial charge is 0.252 e. The molecule has 1 rings (SSSR count). The Hall–Kier alpha value is -2.84. The lowest BCUT2D eigenvalue weighted by Gasteiger charge is -2.11. The van der Waals surface area contributed by atoms with Crippen molar-refractivity contribution in [2.75, 3.05) is 12.3 Å². The molecule has 9 nitrogen and oxygen atoms in total. The van der Waals surface area contributed by atoms with Gasteiger partial charge in [0, 0.05) is 24.1 Å². The molecule has 0 radical (unpaired) electrons. The molecule has 0 fully saturated rings. The summed E-state index contributed by atoms with van der Waals surface area (Å²) < 4.78 is 0. The van der Waals surface area contributed by atoms with Gasteiger partial charge in [0.1, 0.15) is 11.9 Å². The molecule has 9 heteroatoms. The molecule has 3 N–H and O–H groups in total. The van der Waals surface area contributed by atoms with Crippen LogP contribution in [0.15, 0.2) is 35.2 Å². The van der Waals surface area contributed by atoms with E-state index in [1.165, 1.54) is 24.4 Å². The summed E-state index contributed by atoms with van der Waals surface area (Å²) in [6, 6.07) is 1.24. The molecule has 1 aromatic rings. The van der Waals surface area contributed by atoms with Gasteiger partial charge in [-0.25, -0.2) is 4.98 Å². The van der Waals surface area contributed by atoms with Crippen molar-refractivity contribution in [1.29, 1.82) is 0 Å². The van der Waals surface area contributed by atoms with Crippen molar-refractivity contribution in [1.82, 2.24) is 10.3 Å². The molecule has 2 atom stereocenters. The average Bonchev–Trinajstić information content (AvgIpc) is 2.52. The zero-order valence-electron chi connectivity index (χ0n) is 12.9. The number of hydrogen-bond donors (Lipinski definition) is 2. The Morgan fingerprint density at radius 1 is 1.57 bits per heavy atom. The van der Waals surface area contributed by atoms with Crippen LogP contribution in [0.1, 0.15) is 30.6 Å². The number of rotatable bonds is 8. The monoisotopic (exact) mass is 321 g/mol. The standard InChI is InChI=1S/C14H19N5O4/c1-3-12(19(22)23)9(2)6-11(18-21)8-17-14(20)10-4-5-13(15)16-7-10/h4-7,11-12H,3,8H2,1-2H3,(H2,15,16)(H,17,20). The van der Waals surface area contributed by atoms with Crippen LogP contribution in [0.25, 0.3) is 0 Å². The number of nitrogens with two attached hydrogens (primary N) is 1. The van der Waals surface area contributed by atoms with Crippen molar-refractivity contribution in [2.45, 2.75) is 32.4 Å². The SMILES string of the molecule is CCC(C(C)=CC(CNC(=O)c1ccc(N)nc1)N=O)[N+](=O)[O-]. The van der Waals surface area contributed by atoms with Crippen LogP contribution in [0.4, 0.5) is 5.82 Å². The largest absolute Gasteiger partial charge is 0.384 e. The van der Waals surface area contributed by atoms with Gasteiger partial charge >= 0.3 is 0 Å². The minimum Gasteiger partial charge on any atom is -0.384 e. The van der Waals surface area contributed by atoms with Crippen molar-refractivity contribution in [3.8, 4) is 0 Å². The molecular weight excluding hydrogens is 302 g/mol. The molecule has 0 spiro atoms. The molecule has 1 aromatic heterocycles. The van der Waals surface area contributed by atoms with Crippen LogP contribution in [0.5, 0.6) is 0 Å². The van der Waals surface area contributed by atoms with E-state index < -0.39 is 22.9 Å². The summed E-state index contributed by atoms with van der Waals surface area (Å²) >= 11 is 0. The Kier molecular flexibility index (Phi) is 6.78. The van der Waals surface area contributed by atoms with E-state index in [1.54, 1.807) is 13.8 Å². The Morgan fingerprint density at radius 2 is 2.26 bits per heavy atom. The fourth-order valence-electron chi connectivity index (χ4n) is 2.02. The third-order valence-electron chi connectivity index (χ3n) is 3.28. The van der Waals surface area contributed by atoms with E-state index in [0.717, 1.165) is 0 Å². The number of anilines is 1. The number of nitrogen functional groups attached to an aromatic ring is 1. The zero-order valence-corrected chi connectivity index (χ0v) is 12.9. The number of nitroso groups, excluding NO2 is 1. The lowest BCUT2D eigenvalue weighted by atomic mass is 10.0. The number of carbonyl (C=O) groups excluding carboxylic acids is 1. The first-order valence-electron chi connectivity index (χ1n) is 7.03. The van der Waals surface area contributed by atoms with Crippen molar-refractivity contribution in [3.63, 3.8) is 0 Å². The van der Waals surface area contributed by atoms with Gasteiger partial charge in [-0.05, 0) is 30.7 Å². The van der Waals surface area contributed by atoms with Crippen LogP contribution in [0, 0.1) is 15.0 Å². The fraction of sp³-hybridized carbons (Fsp3) is 0.429. The lowest BCUT2D eigenvalue weighted by molar-refractivity contribution is -0.512. The summed E-state index contributed by atoms with van der Waals surface area (Å²) in [6.07, 6.45) is 3.03. The summed E-state index contributed by atoms with van der Waals surface area (Å²) in [5, 5.41) is 16.3. The molecular formula is C14H19N5O4. The Balaban J connectivity index is 2.69. The molecule has 23 heavy (non-hydrogen) atoms. The van der Waals surface area contributed by atoms with Gasteiger partial charge in [0.25, 0.3) is 5.91 Å². The summed E-state index contributed by atoms with van der Waals surface area (Å²) in [4.78, 5) is 37.0. The van der Waals surface area contributed by atoms with Gasteiger partial charge in [0.05, 0.1) is 5.56 Å². The summed E-state index contributed by atoms with van der Waals surface area (Å²) in [5.41, 5.74) is 6.16. The lowest BCUT2D eigenvalue weighted by Crippen LogP contribution is -2.31. The number of nitrogens with one attached hydrogen (secondary N) is 1. The van der Waals surface area contributed by atoms with E-state index in [0.29, 0.717) is 17.6 Å². The minimum atomic E-state index is -0.880. The first-order chi connectivity index (χ1) is 10.9. The molecule has 1 heterocycles. The second-order valence-electron chi connectivity index (χ2n) is 4.97. The molecule has 0 saturated carbocycles. The maximum Gasteiger partial charge on any atom is 0.252 e. The molecule has 0 aromatic carbocycles. The molecule has 0 aliphatic carbocycles. The average molecular weight is 321 g/mol. The van der Waals surface area contributed by atoms with Crippen LogP contribution >= 0.6 is 0 Å². The minimum absolute atomic E-state index is 0.0573. The third-order valence-corrected chi connectivity index (χ3v) is 3.28. The van der Waals surface area contributed by atoms with Crippen LogP contribution < -0.4 is 11.1 Å². The predicted octanol–water partition coefficient (Wildman–Crippen LogP) is 1.53. The topological polar surface area (TPSA) is 141 Å². The third kappa shape index (κ3) is 5.46. The first kappa shape index (κ1) is 18.2. The number of nitrogens with zero attached hydrogens (tertiary/aromatic N) is 3. The highest BCUT2D eigenvalue weighted by Gasteiger charge is 2.21. The summed E-state index contributed by atoms with van der Waals surface area (Å²) in [5.74, 6) is -0.142. The van der Waals surface area contributed by atoms with Gasteiger partial charge < -0.3 is 11.1 Å². The molecule has 0 aliphatic heterocycles. The Bertz CT molecular complexity index is 600. The zero-order chi connectivity index (χ0) is 17.4. The Morgan fingerprint density at radius 3 is 2.74 bits per heavy atom. The number of nitro groups is 1. The Labute approximate surface area is 133 Å². The normalized spacial score (nSPS) is 13.9. The number of pyridine rings is 1. The van der Waals surface area contributed by atoms with Gasteiger partial charge in [-0.15, -0.1) is 0 Å². The van der Waals surface area contributed by atoms with E-state index in [4.69, 9.17) is 5.73 Å². The van der Waals surface area contributed by atoms with Crippen molar-refractivity contribution in [3.05, 3.63) is 50.6 Å². The number of amides is 1. The second kappa shape index (κ2) is 8.57. The maximum atomic E-state index is 11.9. The van der Waals surface area contributed by atoms with Gasteiger partial charge in [-0.2, -0.15) is 4.91 Å². The van der Waals surface area contributed by atoms with Gasteiger partial charge in [0.15, 0.2) is 0 Å². The molecule has 0 saturated heterocycles. The van der Waals surface area contributed by atoms with Gasteiger partial charge in [-0.3, -0.25) is 14.9 Å². The van der Waals surface area contributed by atoms with Gasteiger partial charge in [0.2, 0.25) is 6.04 Å². The highest BCUT2D eigenvalue weighted by Crippen LogP contribution is 2.11. The fourth-order valence-corrected chi connectivity index (χ4v) is 2.02. The molecule has 2 unspecified atom stereocenters. The van der Waals surface area contributed by atoms with E-state index in [1.807, 2.05) is 0 Å². The van der Waals surface area contributed by atoms with E-state index >= 15 is 0 Å². The number of carbonyl (C=O) groups is 1. The van der Waals surface area contributed by atoms with E-state index in [9.17, 15) is 19.8 Å².